The first-order chi connectivity index (χ1) is 13.8. The number of nitrogens with zero attached hydrogens (tertiary/aromatic N) is 3. The lowest BCUT2D eigenvalue weighted by Gasteiger charge is -2.33. The van der Waals surface area contributed by atoms with E-state index < -0.39 is 26.6 Å². The Kier molecular flexibility index (Phi) is 6.26. The van der Waals surface area contributed by atoms with Crippen LogP contribution in [0.25, 0.3) is 0 Å². The smallest absolute Gasteiger partial charge is 0.337 e. The Labute approximate surface area is 168 Å². The fourth-order valence-electron chi connectivity index (χ4n) is 3.22. The minimum Gasteiger partial charge on any atom is -0.465 e. The summed E-state index contributed by atoms with van der Waals surface area (Å²) in [4.78, 5) is 23.8. The Morgan fingerprint density at radius 2 is 1.69 bits per heavy atom. The highest BCUT2D eigenvalue weighted by molar-refractivity contribution is 7.89. The van der Waals surface area contributed by atoms with Crippen molar-refractivity contribution in [2.45, 2.75) is 11.4 Å². The molecule has 0 bridgehead atoms. The molecular weight excluding hydrogens is 398 g/mol. The van der Waals surface area contributed by atoms with Crippen molar-refractivity contribution >= 4 is 21.7 Å². The first-order valence-electron chi connectivity index (χ1n) is 8.96. The van der Waals surface area contributed by atoms with Crippen molar-refractivity contribution in [2.75, 3.05) is 33.3 Å². The molecule has 2 aromatic rings. The van der Waals surface area contributed by atoms with E-state index in [-0.39, 0.29) is 18.0 Å². The third kappa shape index (κ3) is 4.61. The number of carbonyl (C=O) groups is 1. The molecule has 29 heavy (non-hydrogen) atoms. The molecule has 1 heterocycles. The van der Waals surface area contributed by atoms with E-state index in [0.29, 0.717) is 25.2 Å². The lowest BCUT2D eigenvalue weighted by molar-refractivity contribution is -0.387. The monoisotopic (exact) mass is 419 g/mol. The molecule has 1 fully saturated rings. The number of rotatable bonds is 6. The molecule has 0 spiro atoms. The number of esters is 1. The van der Waals surface area contributed by atoms with Crippen LogP contribution in [0.2, 0.25) is 0 Å². The first kappa shape index (κ1) is 20.9. The van der Waals surface area contributed by atoms with Crippen LogP contribution < -0.4 is 0 Å². The number of carbonyl (C=O) groups excluding carboxylic acids is 1. The van der Waals surface area contributed by atoms with E-state index in [1.165, 1.54) is 35.7 Å². The van der Waals surface area contributed by atoms with Crippen LogP contribution in [0.4, 0.5) is 5.69 Å². The molecule has 154 valence electrons. The van der Waals surface area contributed by atoms with Gasteiger partial charge in [-0.2, -0.15) is 4.31 Å². The van der Waals surface area contributed by atoms with Crippen LogP contribution in [-0.4, -0.2) is 61.8 Å². The Hall–Kier alpha value is -2.82. The highest BCUT2D eigenvalue weighted by Crippen LogP contribution is 2.27. The summed E-state index contributed by atoms with van der Waals surface area (Å²) >= 11 is 0. The van der Waals surface area contributed by atoms with Gasteiger partial charge in [0.1, 0.15) is 0 Å². The van der Waals surface area contributed by atoms with Gasteiger partial charge in [-0.1, -0.05) is 24.3 Å². The van der Waals surface area contributed by atoms with Crippen LogP contribution in [0, 0.1) is 10.1 Å². The molecule has 0 saturated carbocycles. The van der Waals surface area contributed by atoms with Crippen LogP contribution in [0.15, 0.2) is 53.4 Å². The van der Waals surface area contributed by atoms with E-state index in [9.17, 15) is 23.3 Å². The molecule has 0 radical (unpaired) electrons. The van der Waals surface area contributed by atoms with Crippen molar-refractivity contribution in [3.63, 3.8) is 0 Å². The molecule has 0 atom stereocenters. The molecule has 0 amide bonds. The normalized spacial score (nSPS) is 15.8. The topological polar surface area (TPSA) is 110 Å². The average Bonchev–Trinajstić information content (AvgIpc) is 2.74. The molecule has 0 unspecified atom stereocenters. The molecule has 10 heteroatoms. The highest BCUT2D eigenvalue weighted by atomic mass is 32.2. The second-order valence-corrected chi connectivity index (χ2v) is 8.50. The van der Waals surface area contributed by atoms with Gasteiger partial charge in [0.2, 0.25) is 10.0 Å². The van der Waals surface area contributed by atoms with Crippen LogP contribution in [0.5, 0.6) is 0 Å². The van der Waals surface area contributed by atoms with E-state index in [4.69, 9.17) is 0 Å². The highest BCUT2D eigenvalue weighted by Gasteiger charge is 2.33. The number of sulfonamides is 1. The van der Waals surface area contributed by atoms with Crippen LogP contribution in [0.1, 0.15) is 15.9 Å². The van der Waals surface area contributed by atoms with Gasteiger partial charge in [-0.15, -0.1) is 0 Å². The third-order valence-electron chi connectivity index (χ3n) is 4.79. The quantitative estimate of drug-likeness (QED) is 0.399. The average molecular weight is 419 g/mol. The SMILES string of the molecule is COC(=O)c1ccc(CN2CCN(S(=O)(=O)c3ccccc3[N+](=O)[O-])CC2)cc1. The van der Waals surface area contributed by atoms with Gasteiger partial charge in [-0.3, -0.25) is 15.0 Å². The summed E-state index contributed by atoms with van der Waals surface area (Å²) in [6, 6.07) is 12.4. The maximum atomic E-state index is 12.9. The zero-order valence-corrected chi connectivity index (χ0v) is 16.7. The van der Waals surface area contributed by atoms with Crippen LogP contribution in [-0.2, 0) is 21.3 Å². The number of methoxy groups -OCH3 is 1. The summed E-state index contributed by atoms with van der Waals surface area (Å²) in [5, 5.41) is 11.2. The Bertz CT molecular complexity index is 999. The number of hydrogen-bond acceptors (Lipinski definition) is 7. The van der Waals surface area contributed by atoms with Gasteiger partial charge in [0, 0.05) is 38.8 Å². The van der Waals surface area contributed by atoms with Gasteiger partial charge in [-0.25, -0.2) is 13.2 Å². The van der Waals surface area contributed by atoms with Gasteiger partial charge >= 0.3 is 5.97 Å². The second kappa shape index (κ2) is 8.68. The summed E-state index contributed by atoms with van der Waals surface area (Å²) in [6.45, 7) is 2.10. The lowest BCUT2D eigenvalue weighted by atomic mass is 10.1. The summed E-state index contributed by atoms with van der Waals surface area (Å²) in [5.41, 5.74) is 1.05. The molecule has 0 aromatic heterocycles. The number of piperazine rings is 1. The van der Waals surface area contributed by atoms with Gasteiger partial charge in [-0.05, 0) is 23.8 Å². The lowest BCUT2D eigenvalue weighted by Crippen LogP contribution is -2.48. The van der Waals surface area contributed by atoms with E-state index in [1.54, 1.807) is 12.1 Å². The summed E-state index contributed by atoms with van der Waals surface area (Å²) in [7, 11) is -2.61. The molecule has 3 rings (SSSR count). The predicted octanol–water partition coefficient (Wildman–Crippen LogP) is 1.89. The van der Waals surface area contributed by atoms with E-state index in [0.717, 1.165) is 5.56 Å². The largest absolute Gasteiger partial charge is 0.465 e. The maximum absolute atomic E-state index is 12.9. The van der Waals surface area contributed by atoms with Crippen molar-refractivity contribution in [1.82, 2.24) is 9.21 Å². The minimum absolute atomic E-state index is 0.245. The number of nitro groups is 1. The van der Waals surface area contributed by atoms with Gasteiger partial charge in [0.15, 0.2) is 4.90 Å². The van der Waals surface area contributed by atoms with Crippen molar-refractivity contribution in [3.05, 3.63) is 69.8 Å². The fraction of sp³-hybridized carbons (Fsp3) is 0.316. The molecule has 1 saturated heterocycles. The molecular formula is C19H21N3O6S. The molecule has 2 aromatic carbocycles. The van der Waals surface area contributed by atoms with Gasteiger partial charge in [0.05, 0.1) is 17.6 Å². The van der Waals surface area contributed by atoms with Crippen molar-refractivity contribution in [3.8, 4) is 0 Å². The fourth-order valence-corrected chi connectivity index (χ4v) is 4.80. The molecule has 9 nitrogen and oxygen atoms in total. The van der Waals surface area contributed by atoms with Crippen LogP contribution in [0.3, 0.4) is 0 Å². The number of benzene rings is 2. The number of nitro benzene ring substituents is 1. The zero-order chi connectivity index (χ0) is 21.0. The molecule has 0 aliphatic carbocycles. The first-order valence-corrected chi connectivity index (χ1v) is 10.4. The standard InChI is InChI=1S/C19H21N3O6S/c1-28-19(23)16-8-6-15(7-9-16)14-20-10-12-21(13-11-20)29(26,27)18-5-3-2-4-17(18)22(24)25/h2-9H,10-14H2,1H3. The molecule has 1 aliphatic heterocycles. The van der Waals surface area contributed by atoms with Gasteiger partial charge < -0.3 is 4.74 Å². The van der Waals surface area contributed by atoms with E-state index in [2.05, 4.69) is 9.64 Å². The Morgan fingerprint density at radius 3 is 2.28 bits per heavy atom. The van der Waals surface area contributed by atoms with Crippen molar-refractivity contribution < 1.29 is 22.9 Å². The predicted molar refractivity (Wildman–Crippen MR) is 105 cm³/mol. The summed E-state index contributed by atoms with van der Waals surface area (Å²) < 4.78 is 31.7. The zero-order valence-electron chi connectivity index (χ0n) is 15.9. The maximum Gasteiger partial charge on any atom is 0.337 e. The Balaban J connectivity index is 1.64. The second-order valence-electron chi connectivity index (χ2n) is 6.59. The Morgan fingerprint density at radius 1 is 1.07 bits per heavy atom. The number of para-hydroxylation sites is 1. The number of ether oxygens (including phenoxy) is 1. The summed E-state index contributed by atoms with van der Waals surface area (Å²) in [5.74, 6) is -0.398. The van der Waals surface area contributed by atoms with Crippen LogP contribution >= 0.6 is 0 Å². The third-order valence-corrected chi connectivity index (χ3v) is 6.74. The van der Waals surface area contributed by atoms with Crippen molar-refractivity contribution in [2.24, 2.45) is 0 Å². The minimum atomic E-state index is -3.94. The van der Waals surface area contributed by atoms with Gasteiger partial charge in [0.25, 0.3) is 5.69 Å². The number of hydrogen-bond donors (Lipinski definition) is 0. The molecule has 1 aliphatic rings. The van der Waals surface area contributed by atoms with E-state index >= 15 is 0 Å². The van der Waals surface area contributed by atoms with E-state index in [1.807, 2.05) is 12.1 Å². The van der Waals surface area contributed by atoms with Crippen molar-refractivity contribution in [1.29, 1.82) is 0 Å². The molecule has 0 N–H and O–H groups in total. The summed E-state index contributed by atoms with van der Waals surface area (Å²) in [6.07, 6.45) is 0.